The van der Waals surface area contributed by atoms with Gasteiger partial charge >= 0.3 is 0 Å². The second kappa shape index (κ2) is 6.89. The predicted molar refractivity (Wildman–Crippen MR) is 89.5 cm³/mol. The lowest BCUT2D eigenvalue weighted by molar-refractivity contribution is 0.162. The summed E-state index contributed by atoms with van der Waals surface area (Å²) < 4.78 is 0. The van der Waals surface area contributed by atoms with Gasteiger partial charge in [0.2, 0.25) is 0 Å². The summed E-state index contributed by atoms with van der Waals surface area (Å²) in [6.07, 6.45) is 10.1. The van der Waals surface area contributed by atoms with Crippen molar-refractivity contribution >= 4 is 17.4 Å². The van der Waals surface area contributed by atoms with Gasteiger partial charge in [-0.05, 0) is 49.0 Å². The zero-order valence-corrected chi connectivity index (χ0v) is 13.4. The number of hydrogen-bond donors (Lipinski definition) is 1. The molecule has 1 aromatic rings. The van der Waals surface area contributed by atoms with E-state index in [0.29, 0.717) is 6.04 Å². The molecule has 0 heterocycles. The Kier molecular flexibility index (Phi) is 4.93. The molecule has 0 radical (unpaired) electrons. The Morgan fingerprint density at radius 1 is 1.05 bits per heavy atom. The van der Waals surface area contributed by atoms with Crippen molar-refractivity contribution in [1.29, 1.82) is 0 Å². The lowest BCUT2D eigenvalue weighted by Crippen LogP contribution is -2.34. The molecule has 110 valence electrons. The minimum absolute atomic E-state index is 0.702. The Morgan fingerprint density at radius 3 is 2.70 bits per heavy atom. The molecule has 3 unspecified atom stereocenters. The van der Waals surface area contributed by atoms with E-state index in [1.165, 1.54) is 55.5 Å². The lowest BCUT2D eigenvalue weighted by Gasteiger charge is -2.40. The van der Waals surface area contributed by atoms with Crippen LogP contribution in [-0.2, 0) is 0 Å². The summed E-state index contributed by atoms with van der Waals surface area (Å²) in [4.78, 5) is 1.42. The van der Waals surface area contributed by atoms with Gasteiger partial charge in [-0.2, -0.15) is 0 Å². The SMILES string of the molecule is CCSc1ccccc1NC1CCC2CCCCC2C1. The third kappa shape index (κ3) is 3.33. The normalized spacial score (nSPS) is 29.8. The molecule has 2 saturated carbocycles. The summed E-state index contributed by atoms with van der Waals surface area (Å²) in [5.41, 5.74) is 1.36. The first-order valence-corrected chi connectivity index (χ1v) is 9.33. The van der Waals surface area contributed by atoms with Crippen LogP contribution in [0.3, 0.4) is 0 Å². The van der Waals surface area contributed by atoms with Crippen LogP contribution in [0.25, 0.3) is 0 Å². The molecule has 0 aliphatic heterocycles. The van der Waals surface area contributed by atoms with Crippen LogP contribution in [0.4, 0.5) is 5.69 Å². The molecule has 20 heavy (non-hydrogen) atoms. The van der Waals surface area contributed by atoms with E-state index in [0.717, 1.165) is 17.6 Å². The Labute approximate surface area is 127 Å². The highest BCUT2D eigenvalue weighted by Gasteiger charge is 2.32. The lowest BCUT2D eigenvalue weighted by atomic mass is 9.69. The number of anilines is 1. The van der Waals surface area contributed by atoms with Gasteiger partial charge in [0.15, 0.2) is 0 Å². The van der Waals surface area contributed by atoms with Gasteiger partial charge < -0.3 is 5.32 Å². The highest BCUT2D eigenvalue weighted by Crippen LogP contribution is 2.41. The fourth-order valence-corrected chi connectivity index (χ4v) is 4.86. The molecule has 2 aliphatic rings. The van der Waals surface area contributed by atoms with E-state index >= 15 is 0 Å². The Balaban J connectivity index is 1.63. The molecule has 1 nitrogen and oxygen atoms in total. The molecule has 0 aromatic heterocycles. The maximum absolute atomic E-state index is 3.85. The van der Waals surface area contributed by atoms with Gasteiger partial charge in [0.25, 0.3) is 0 Å². The van der Waals surface area contributed by atoms with Crippen molar-refractivity contribution in [2.24, 2.45) is 11.8 Å². The fourth-order valence-electron chi connectivity index (χ4n) is 4.09. The zero-order valence-electron chi connectivity index (χ0n) is 12.6. The molecule has 2 fully saturated rings. The molecule has 2 aliphatic carbocycles. The van der Waals surface area contributed by atoms with Crippen molar-refractivity contribution in [2.45, 2.75) is 62.8 Å². The van der Waals surface area contributed by atoms with Gasteiger partial charge in [-0.15, -0.1) is 11.8 Å². The van der Waals surface area contributed by atoms with Gasteiger partial charge in [0.1, 0.15) is 0 Å². The number of rotatable bonds is 4. The van der Waals surface area contributed by atoms with E-state index in [4.69, 9.17) is 0 Å². The summed E-state index contributed by atoms with van der Waals surface area (Å²) in [6.45, 7) is 2.23. The summed E-state index contributed by atoms with van der Waals surface area (Å²) >= 11 is 1.95. The molecule has 3 atom stereocenters. The van der Waals surface area contributed by atoms with Crippen LogP contribution in [0, 0.1) is 11.8 Å². The Bertz CT molecular complexity index is 431. The first-order valence-electron chi connectivity index (χ1n) is 8.35. The largest absolute Gasteiger partial charge is 0.381 e. The van der Waals surface area contributed by atoms with Gasteiger partial charge in [0.05, 0.1) is 0 Å². The standard InChI is InChI=1S/C18H27NS/c1-2-20-18-10-6-5-9-17(18)19-16-12-11-14-7-3-4-8-15(14)13-16/h5-6,9-10,14-16,19H,2-4,7-8,11-13H2,1H3. The van der Waals surface area contributed by atoms with E-state index in [9.17, 15) is 0 Å². The molecule has 1 N–H and O–H groups in total. The van der Waals surface area contributed by atoms with Crippen molar-refractivity contribution in [3.63, 3.8) is 0 Å². The predicted octanol–water partition coefficient (Wildman–Crippen LogP) is 5.57. The molecule has 0 saturated heterocycles. The van der Waals surface area contributed by atoms with Crippen molar-refractivity contribution in [3.8, 4) is 0 Å². The summed E-state index contributed by atoms with van der Waals surface area (Å²) in [7, 11) is 0. The number of fused-ring (bicyclic) bond motifs is 1. The zero-order chi connectivity index (χ0) is 13.8. The first-order chi connectivity index (χ1) is 9.86. The molecule has 0 amide bonds. The fraction of sp³-hybridized carbons (Fsp3) is 0.667. The molecule has 1 aromatic carbocycles. The van der Waals surface area contributed by atoms with Gasteiger partial charge in [-0.1, -0.05) is 44.7 Å². The topological polar surface area (TPSA) is 12.0 Å². The van der Waals surface area contributed by atoms with E-state index in [-0.39, 0.29) is 0 Å². The first kappa shape index (κ1) is 14.3. The van der Waals surface area contributed by atoms with Gasteiger partial charge in [-0.25, -0.2) is 0 Å². The maximum atomic E-state index is 3.85. The molecular formula is C18H27NS. The van der Waals surface area contributed by atoms with E-state index < -0.39 is 0 Å². The molecule has 0 spiro atoms. The van der Waals surface area contributed by atoms with Crippen LogP contribution in [-0.4, -0.2) is 11.8 Å². The number of thioether (sulfide) groups is 1. The third-order valence-electron chi connectivity index (χ3n) is 5.09. The van der Waals surface area contributed by atoms with Crippen LogP contribution in [0.1, 0.15) is 51.9 Å². The highest BCUT2D eigenvalue weighted by molar-refractivity contribution is 7.99. The second-order valence-electron chi connectivity index (χ2n) is 6.39. The quantitative estimate of drug-likeness (QED) is 0.727. The number of nitrogens with one attached hydrogen (secondary N) is 1. The van der Waals surface area contributed by atoms with Crippen molar-refractivity contribution in [1.82, 2.24) is 0 Å². The molecule has 2 heteroatoms. The smallest absolute Gasteiger partial charge is 0.0480 e. The third-order valence-corrected chi connectivity index (χ3v) is 6.04. The number of benzene rings is 1. The average Bonchev–Trinajstić information content (AvgIpc) is 2.49. The monoisotopic (exact) mass is 289 g/mol. The van der Waals surface area contributed by atoms with Crippen LogP contribution in [0.2, 0.25) is 0 Å². The minimum Gasteiger partial charge on any atom is -0.381 e. The average molecular weight is 289 g/mol. The van der Waals surface area contributed by atoms with Gasteiger partial charge in [0, 0.05) is 16.6 Å². The Hall–Kier alpha value is -0.630. The number of hydrogen-bond acceptors (Lipinski definition) is 2. The van der Waals surface area contributed by atoms with E-state index in [2.05, 4.69) is 36.5 Å². The molecule has 0 bridgehead atoms. The van der Waals surface area contributed by atoms with Crippen molar-refractivity contribution in [3.05, 3.63) is 24.3 Å². The van der Waals surface area contributed by atoms with E-state index in [1.54, 1.807) is 0 Å². The maximum Gasteiger partial charge on any atom is 0.0480 e. The van der Waals surface area contributed by atoms with Crippen LogP contribution >= 0.6 is 11.8 Å². The summed E-state index contributed by atoms with van der Waals surface area (Å²) in [5.74, 6) is 3.19. The van der Waals surface area contributed by atoms with Crippen molar-refractivity contribution < 1.29 is 0 Å². The number of para-hydroxylation sites is 1. The second-order valence-corrected chi connectivity index (χ2v) is 7.69. The van der Waals surface area contributed by atoms with Crippen molar-refractivity contribution in [2.75, 3.05) is 11.1 Å². The minimum atomic E-state index is 0.702. The van der Waals surface area contributed by atoms with Gasteiger partial charge in [-0.3, -0.25) is 0 Å². The molecule has 3 rings (SSSR count). The van der Waals surface area contributed by atoms with E-state index in [1.807, 2.05) is 11.8 Å². The van der Waals surface area contributed by atoms with Crippen LogP contribution in [0.5, 0.6) is 0 Å². The van der Waals surface area contributed by atoms with Crippen LogP contribution in [0.15, 0.2) is 29.2 Å². The summed E-state index contributed by atoms with van der Waals surface area (Å²) in [5, 5.41) is 3.85. The Morgan fingerprint density at radius 2 is 1.85 bits per heavy atom. The van der Waals surface area contributed by atoms with Crippen LogP contribution < -0.4 is 5.32 Å². The summed E-state index contributed by atoms with van der Waals surface area (Å²) in [6, 6.07) is 9.52. The molecular weight excluding hydrogens is 262 g/mol. The highest BCUT2D eigenvalue weighted by atomic mass is 32.2.